The fourth-order valence-corrected chi connectivity index (χ4v) is 2.58. The molecule has 1 aromatic carbocycles. The minimum Gasteiger partial charge on any atom is -0.326 e. The lowest BCUT2D eigenvalue weighted by Gasteiger charge is -2.14. The van der Waals surface area contributed by atoms with E-state index in [0.29, 0.717) is 17.7 Å². The van der Waals surface area contributed by atoms with E-state index in [1.807, 2.05) is 0 Å². The summed E-state index contributed by atoms with van der Waals surface area (Å²) in [6.45, 7) is 5.59. The maximum atomic E-state index is 11.8. The van der Waals surface area contributed by atoms with E-state index in [-0.39, 0.29) is 5.91 Å². The third-order valence-electron chi connectivity index (χ3n) is 3.66. The van der Waals surface area contributed by atoms with E-state index < -0.39 is 0 Å². The Labute approximate surface area is 120 Å². The highest BCUT2D eigenvalue weighted by atomic mass is 16.1. The molecule has 4 nitrogen and oxygen atoms in total. The van der Waals surface area contributed by atoms with Crippen molar-refractivity contribution in [2.24, 2.45) is 5.92 Å². The third kappa shape index (κ3) is 4.36. The van der Waals surface area contributed by atoms with Crippen molar-refractivity contribution in [2.45, 2.75) is 26.2 Å². The van der Waals surface area contributed by atoms with Crippen molar-refractivity contribution in [3.05, 3.63) is 29.8 Å². The number of likely N-dealkylation sites (tertiary alicyclic amines) is 1. The monoisotopic (exact) mass is 271 g/mol. The van der Waals surface area contributed by atoms with Gasteiger partial charge in [-0.3, -0.25) is 4.79 Å². The molecule has 4 heteroatoms. The summed E-state index contributed by atoms with van der Waals surface area (Å²) in [5.74, 6) is 0.810. The number of nitrogens with zero attached hydrogens (tertiary/aromatic N) is 2. The van der Waals surface area contributed by atoms with Crippen LogP contribution in [0.3, 0.4) is 0 Å². The molecule has 0 aliphatic carbocycles. The van der Waals surface area contributed by atoms with Gasteiger partial charge in [0.1, 0.15) is 0 Å². The Hall–Kier alpha value is -1.86. The van der Waals surface area contributed by atoms with Gasteiger partial charge < -0.3 is 10.2 Å². The second-order valence-electron chi connectivity index (χ2n) is 5.54. The Morgan fingerprint density at radius 2 is 2.40 bits per heavy atom. The Bertz CT molecular complexity index is 507. The van der Waals surface area contributed by atoms with Crippen LogP contribution < -0.4 is 5.32 Å². The van der Waals surface area contributed by atoms with Gasteiger partial charge in [0, 0.05) is 18.7 Å². The molecule has 0 bridgehead atoms. The molecule has 1 heterocycles. The van der Waals surface area contributed by atoms with Crippen LogP contribution in [0.5, 0.6) is 0 Å². The lowest BCUT2D eigenvalue weighted by molar-refractivity contribution is -0.116. The van der Waals surface area contributed by atoms with Crippen molar-refractivity contribution < 1.29 is 4.79 Å². The van der Waals surface area contributed by atoms with Gasteiger partial charge in [-0.25, -0.2) is 0 Å². The molecule has 0 aromatic heterocycles. The first-order valence-electron chi connectivity index (χ1n) is 7.20. The molecule has 2 rings (SSSR count). The predicted octanol–water partition coefficient (Wildman–Crippen LogP) is 2.62. The van der Waals surface area contributed by atoms with Gasteiger partial charge in [-0.2, -0.15) is 5.26 Å². The molecule has 1 aliphatic heterocycles. The third-order valence-corrected chi connectivity index (χ3v) is 3.66. The molecule has 0 spiro atoms. The fourth-order valence-electron chi connectivity index (χ4n) is 2.58. The highest BCUT2D eigenvalue weighted by Gasteiger charge is 2.17. The van der Waals surface area contributed by atoms with Gasteiger partial charge >= 0.3 is 0 Å². The second kappa shape index (κ2) is 7.06. The average molecular weight is 271 g/mol. The summed E-state index contributed by atoms with van der Waals surface area (Å²) in [7, 11) is 0. The first-order chi connectivity index (χ1) is 9.67. The quantitative estimate of drug-likeness (QED) is 0.895. The number of amides is 1. The van der Waals surface area contributed by atoms with Crippen LogP contribution in [0.4, 0.5) is 5.69 Å². The molecule has 106 valence electrons. The molecule has 0 radical (unpaired) electrons. The molecule has 1 N–H and O–H groups in total. The number of benzene rings is 1. The van der Waals surface area contributed by atoms with E-state index in [4.69, 9.17) is 5.26 Å². The molecule has 1 atom stereocenters. The van der Waals surface area contributed by atoms with Gasteiger partial charge in [-0.15, -0.1) is 0 Å². The highest BCUT2D eigenvalue weighted by molar-refractivity contribution is 5.90. The Balaban J connectivity index is 1.71. The van der Waals surface area contributed by atoms with E-state index in [0.717, 1.165) is 32.0 Å². The van der Waals surface area contributed by atoms with E-state index in [1.54, 1.807) is 24.3 Å². The summed E-state index contributed by atoms with van der Waals surface area (Å²) in [6, 6.07) is 9.07. The number of hydrogen-bond donors (Lipinski definition) is 1. The summed E-state index contributed by atoms with van der Waals surface area (Å²) in [5, 5.41) is 11.7. The largest absolute Gasteiger partial charge is 0.326 e. The molecular weight excluding hydrogens is 250 g/mol. The summed E-state index contributed by atoms with van der Waals surface area (Å²) < 4.78 is 0. The number of carbonyl (C=O) groups excluding carboxylic acids is 1. The standard InChI is InChI=1S/C16H21N3O/c1-13-7-9-19(12-13)8-3-6-16(20)18-15-5-2-4-14(10-15)11-17/h2,4-5,10,13H,3,6-9,12H2,1H3,(H,18,20). The number of anilines is 1. The lowest BCUT2D eigenvalue weighted by Crippen LogP contribution is -2.23. The van der Waals surface area contributed by atoms with Crippen LogP contribution in [-0.2, 0) is 4.79 Å². The molecule has 1 aromatic rings. The maximum Gasteiger partial charge on any atom is 0.224 e. The Morgan fingerprint density at radius 1 is 1.55 bits per heavy atom. The fraction of sp³-hybridized carbons (Fsp3) is 0.500. The Kier molecular flexibility index (Phi) is 5.14. The number of carbonyl (C=O) groups is 1. The zero-order chi connectivity index (χ0) is 14.4. The lowest BCUT2D eigenvalue weighted by atomic mass is 10.2. The highest BCUT2D eigenvalue weighted by Crippen LogP contribution is 2.15. The van der Waals surface area contributed by atoms with Crippen molar-refractivity contribution in [1.29, 1.82) is 5.26 Å². The van der Waals surface area contributed by atoms with Crippen molar-refractivity contribution in [3.63, 3.8) is 0 Å². The Morgan fingerprint density at radius 3 is 3.10 bits per heavy atom. The first kappa shape index (κ1) is 14.5. The van der Waals surface area contributed by atoms with Gasteiger partial charge in [0.25, 0.3) is 0 Å². The van der Waals surface area contributed by atoms with E-state index >= 15 is 0 Å². The first-order valence-corrected chi connectivity index (χ1v) is 7.20. The second-order valence-corrected chi connectivity index (χ2v) is 5.54. The van der Waals surface area contributed by atoms with Gasteiger partial charge in [0.15, 0.2) is 0 Å². The number of nitriles is 1. The zero-order valence-electron chi connectivity index (χ0n) is 11.9. The smallest absolute Gasteiger partial charge is 0.224 e. The van der Waals surface area contributed by atoms with Crippen LogP contribution in [0.2, 0.25) is 0 Å². The summed E-state index contributed by atoms with van der Waals surface area (Å²) in [5.41, 5.74) is 1.26. The molecule has 1 amide bonds. The molecular formula is C16H21N3O. The van der Waals surface area contributed by atoms with Crippen LogP contribution >= 0.6 is 0 Å². The topological polar surface area (TPSA) is 56.1 Å². The van der Waals surface area contributed by atoms with Gasteiger partial charge in [0.2, 0.25) is 5.91 Å². The van der Waals surface area contributed by atoms with E-state index in [1.165, 1.54) is 6.42 Å². The summed E-state index contributed by atoms with van der Waals surface area (Å²) in [6.07, 6.45) is 2.69. The molecule has 1 saturated heterocycles. The predicted molar refractivity (Wildman–Crippen MR) is 79.2 cm³/mol. The van der Waals surface area contributed by atoms with Crippen molar-refractivity contribution in [2.75, 3.05) is 25.0 Å². The molecule has 1 fully saturated rings. The number of hydrogen-bond acceptors (Lipinski definition) is 3. The van der Waals surface area contributed by atoms with Crippen molar-refractivity contribution in [1.82, 2.24) is 4.90 Å². The van der Waals surface area contributed by atoms with Crippen LogP contribution in [0.15, 0.2) is 24.3 Å². The molecule has 1 aliphatic rings. The molecule has 1 unspecified atom stereocenters. The van der Waals surface area contributed by atoms with Crippen molar-refractivity contribution >= 4 is 11.6 Å². The minimum absolute atomic E-state index is 0.0207. The number of nitrogens with one attached hydrogen (secondary N) is 1. The van der Waals surface area contributed by atoms with Gasteiger partial charge in [0.05, 0.1) is 11.6 Å². The summed E-state index contributed by atoms with van der Waals surface area (Å²) >= 11 is 0. The van der Waals surface area contributed by atoms with Gasteiger partial charge in [-0.05, 0) is 50.0 Å². The van der Waals surface area contributed by atoms with Crippen LogP contribution in [-0.4, -0.2) is 30.4 Å². The summed E-state index contributed by atoms with van der Waals surface area (Å²) in [4.78, 5) is 14.3. The van der Waals surface area contributed by atoms with E-state index in [2.05, 4.69) is 23.2 Å². The zero-order valence-corrected chi connectivity index (χ0v) is 11.9. The minimum atomic E-state index is 0.0207. The van der Waals surface area contributed by atoms with Crippen LogP contribution in [0, 0.1) is 17.2 Å². The van der Waals surface area contributed by atoms with Gasteiger partial charge in [-0.1, -0.05) is 13.0 Å². The normalized spacial score (nSPS) is 18.7. The molecule has 0 saturated carbocycles. The van der Waals surface area contributed by atoms with Crippen molar-refractivity contribution in [3.8, 4) is 6.07 Å². The van der Waals surface area contributed by atoms with E-state index in [9.17, 15) is 4.79 Å². The average Bonchev–Trinajstić information content (AvgIpc) is 2.84. The molecule has 20 heavy (non-hydrogen) atoms. The van der Waals surface area contributed by atoms with Crippen LogP contribution in [0.25, 0.3) is 0 Å². The van der Waals surface area contributed by atoms with Crippen LogP contribution in [0.1, 0.15) is 31.7 Å². The number of rotatable bonds is 5. The maximum absolute atomic E-state index is 11.8. The SMILES string of the molecule is CC1CCN(CCCC(=O)Nc2cccc(C#N)c2)C1.